The van der Waals surface area contributed by atoms with Crippen LogP contribution in [-0.4, -0.2) is 16.6 Å². The van der Waals surface area contributed by atoms with Gasteiger partial charge in [-0.2, -0.15) is 0 Å². The van der Waals surface area contributed by atoms with Crippen LogP contribution in [0.5, 0.6) is 5.75 Å². The molecule has 1 aromatic heterocycles. The van der Waals surface area contributed by atoms with Crippen LogP contribution >= 0.6 is 0 Å². The molecule has 0 spiro atoms. The first-order valence-corrected chi connectivity index (χ1v) is 6.02. The van der Waals surface area contributed by atoms with E-state index in [9.17, 15) is 0 Å². The van der Waals surface area contributed by atoms with E-state index in [1.807, 2.05) is 18.2 Å². The Balaban J connectivity index is 2.00. The maximum absolute atomic E-state index is 5.84. The van der Waals surface area contributed by atoms with Gasteiger partial charge in [-0.1, -0.05) is 6.92 Å². The minimum absolute atomic E-state index is 0.677. The van der Waals surface area contributed by atoms with Gasteiger partial charge < -0.3 is 20.8 Å². The van der Waals surface area contributed by atoms with E-state index in [0.29, 0.717) is 18.8 Å². The molecule has 0 aliphatic rings. The molecule has 0 saturated carbocycles. The highest BCUT2D eigenvalue weighted by Crippen LogP contribution is 2.23. The lowest BCUT2D eigenvalue weighted by molar-refractivity contribution is 0.318. The number of hydrogen-bond acceptors (Lipinski definition) is 4. The fourth-order valence-electron chi connectivity index (χ4n) is 1.61. The lowest BCUT2D eigenvalue weighted by Crippen LogP contribution is -2.02. The summed E-state index contributed by atoms with van der Waals surface area (Å²) < 4.78 is 5.57. The molecule has 0 amide bonds. The quantitative estimate of drug-likeness (QED) is 0.684. The van der Waals surface area contributed by atoms with Crippen molar-refractivity contribution in [2.24, 2.45) is 0 Å². The van der Waals surface area contributed by atoms with E-state index >= 15 is 0 Å². The summed E-state index contributed by atoms with van der Waals surface area (Å²) in [7, 11) is 0. The lowest BCUT2D eigenvalue weighted by atomic mass is 10.2. The number of nitrogens with two attached hydrogens (primary N) is 1. The summed E-state index contributed by atoms with van der Waals surface area (Å²) in [6, 6.07) is 5.66. The Morgan fingerprint density at radius 2 is 2.28 bits per heavy atom. The normalized spacial score (nSPS) is 10.3. The van der Waals surface area contributed by atoms with Gasteiger partial charge in [-0.05, 0) is 12.5 Å². The molecule has 0 fully saturated rings. The van der Waals surface area contributed by atoms with E-state index in [2.05, 4.69) is 22.2 Å². The number of rotatable bonds is 6. The summed E-state index contributed by atoms with van der Waals surface area (Å²) in [4.78, 5) is 7.00. The Labute approximate surface area is 106 Å². The van der Waals surface area contributed by atoms with E-state index in [0.717, 1.165) is 23.6 Å². The number of aromatic amines is 1. The summed E-state index contributed by atoms with van der Waals surface area (Å²) in [5.74, 6) is 0.795. The van der Waals surface area contributed by atoms with Crippen molar-refractivity contribution in [1.82, 2.24) is 9.97 Å². The number of aromatic nitrogens is 2. The van der Waals surface area contributed by atoms with E-state index in [-0.39, 0.29) is 0 Å². The van der Waals surface area contributed by atoms with Gasteiger partial charge in [0.15, 0.2) is 0 Å². The molecule has 96 valence electrons. The summed E-state index contributed by atoms with van der Waals surface area (Å²) in [5.41, 5.74) is 8.49. The number of nitrogens with one attached hydrogen (secondary N) is 2. The van der Waals surface area contributed by atoms with Crippen LogP contribution < -0.4 is 15.8 Å². The summed E-state index contributed by atoms with van der Waals surface area (Å²) in [5, 5.41) is 3.27. The van der Waals surface area contributed by atoms with Gasteiger partial charge in [-0.3, -0.25) is 0 Å². The average molecular weight is 246 g/mol. The number of anilines is 2. The second kappa shape index (κ2) is 5.95. The van der Waals surface area contributed by atoms with Crippen molar-refractivity contribution in [3.63, 3.8) is 0 Å². The molecule has 2 rings (SSSR count). The SMILES string of the molecule is CCCOc1cc(N)cc(NCc2cnc[nH]2)c1. The molecule has 5 heteroatoms. The predicted molar refractivity (Wildman–Crippen MR) is 72.6 cm³/mol. The van der Waals surface area contributed by atoms with E-state index in [4.69, 9.17) is 10.5 Å². The van der Waals surface area contributed by atoms with Gasteiger partial charge in [0.2, 0.25) is 0 Å². The number of nitrogen functional groups attached to an aromatic ring is 1. The molecule has 0 saturated heterocycles. The maximum Gasteiger partial charge on any atom is 0.123 e. The molecule has 0 unspecified atom stereocenters. The van der Waals surface area contributed by atoms with Crippen molar-refractivity contribution in [1.29, 1.82) is 0 Å². The van der Waals surface area contributed by atoms with Crippen molar-refractivity contribution in [3.8, 4) is 5.75 Å². The van der Waals surface area contributed by atoms with Crippen molar-refractivity contribution in [2.75, 3.05) is 17.7 Å². The molecule has 0 aliphatic carbocycles. The Bertz CT molecular complexity index is 482. The Hall–Kier alpha value is -2.17. The molecular weight excluding hydrogens is 228 g/mol. The minimum atomic E-state index is 0.677. The highest BCUT2D eigenvalue weighted by atomic mass is 16.5. The largest absolute Gasteiger partial charge is 0.493 e. The van der Waals surface area contributed by atoms with Crippen LogP contribution in [0.2, 0.25) is 0 Å². The van der Waals surface area contributed by atoms with Crippen LogP contribution in [0.1, 0.15) is 19.0 Å². The van der Waals surface area contributed by atoms with E-state index in [1.165, 1.54) is 0 Å². The van der Waals surface area contributed by atoms with Crippen molar-refractivity contribution in [3.05, 3.63) is 36.4 Å². The molecule has 0 atom stereocenters. The van der Waals surface area contributed by atoms with E-state index < -0.39 is 0 Å². The van der Waals surface area contributed by atoms with Crippen LogP contribution in [0, 0.1) is 0 Å². The van der Waals surface area contributed by atoms with Crippen molar-refractivity contribution in [2.45, 2.75) is 19.9 Å². The predicted octanol–water partition coefficient (Wildman–Crippen LogP) is 2.39. The molecule has 18 heavy (non-hydrogen) atoms. The second-order valence-corrected chi connectivity index (χ2v) is 4.07. The molecule has 2 aromatic rings. The van der Waals surface area contributed by atoms with Gasteiger partial charge in [0, 0.05) is 29.7 Å². The topological polar surface area (TPSA) is 76.0 Å². The number of imidazole rings is 1. The first-order chi connectivity index (χ1) is 8.78. The van der Waals surface area contributed by atoms with Crippen LogP contribution in [-0.2, 0) is 6.54 Å². The van der Waals surface area contributed by atoms with Crippen molar-refractivity contribution >= 4 is 11.4 Å². The molecular formula is C13H18N4O. The van der Waals surface area contributed by atoms with Crippen LogP contribution in [0.4, 0.5) is 11.4 Å². The standard InChI is InChI=1S/C13H18N4O/c1-2-3-18-13-5-10(14)4-11(6-13)16-8-12-7-15-9-17-12/h4-7,9,16H,2-3,8,14H2,1H3,(H,15,17). The third kappa shape index (κ3) is 3.41. The molecule has 0 aliphatic heterocycles. The first-order valence-electron chi connectivity index (χ1n) is 6.02. The number of benzene rings is 1. The zero-order chi connectivity index (χ0) is 12.8. The Morgan fingerprint density at radius 3 is 3.00 bits per heavy atom. The zero-order valence-electron chi connectivity index (χ0n) is 10.4. The number of H-pyrrole nitrogens is 1. The van der Waals surface area contributed by atoms with Crippen molar-refractivity contribution < 1.29 is 4.74 Å². The maximum atomic E-state index is 5.84. The third-order valence-corrected chi connectivity index (χ3v) is 2.44. The van der Waals surface area contributed by atoms with Crippen LogP contribution in [0.15, 0.2) is 30.7 Å². The summed E-state index contributed by atoms with van der Waals surface area (Å²) in [6.07, 6.45) is 4.42. The van der Waals surface area contributed by atoms with Gasteiger partial charge in [0.05, 0.1) is 25.2 Å². The van der Waals surface area contributed by atoms with Crippen LogP contribution in [0.3, 0.4) is 0 Å². The number of hydrogen-bond donors (Lipinski definition) is 3. The minimum Gasteiger partial charge on any atom is -0.493 e. The van der Waals surface area contributed by atoms with Gasteiger partial charge in [0.1, 0.15) is 5.75 Å². The lowest BCUT2D eigenvalue weighted by Gasteiger charge is -2.10. The summed E-state index contributed by atoms with van der Waals surface area (Å²) in [6.45, 7) is 3.45. The number of ether oxygens (including phenoxy) is 1. The molecule has 0 radical (unpaired) electrons. The fourth-order valence-corrected chi connectivity index (χ4v) is 1.61. The molecule has 0 bridgehead atoms. The van der Waals surface area contributed by atoms with Gasteiger partial charge in [-0.25, -0.2) is 4.98 Å². The monoisotopic (exact) mass is 246 g/mol. The Morgan fingerprint density at radius 1 is 1.39 bits per heavy atom. The zero-order valence-corrected chi connectivity index (χ0v) is 10.4. The highest BCUT2D eigenvalue weighted by Gasteiger charge is 2.00. The first kappa shape index (κ1) is 12.3. The van der Waals surface area contributed by atoms with E-state index in [1.54, 1.807) is 12.5 Å². The fraction of sp³-hybridized carbons (Fsp3) is 0.308. The molecule has 5 nitrogen and oxygen atoms in total. The van der Waals surface area contributed by atoms with Gasteiger partial charge >= 0.3 is 0 Å². The van der Waals surface area contributed by atoms with Gasteiger partial charge in [-0.15, -0.1) is 0 Å². The highest BCUT2D eigenvalue weighted by molar-refractivity contribution is 5.59. The third-order valence-electron chi connectivity index (χ3n) is 2.44. The van der Waals surface area contributed by atoms with Gasteiger partial charge in [0.25, 0.3) is 0 Å². The summed E-state index contributed by atoms with van der Waals surface area (Å²) >= 11 is 0. The number of nitrogens with zero attached hydrogens (tertiary/aromatic N) is 1. The van der Waals surface area contributed by atoms with Crippen LogP contribution in [0.25, 0.3) is 0 Å². The smallest absolute Gasteiger partial charge is 0.123 e. The molecule has 4 N–H and O–H groups in total. The molecule has 1 heterocycles. The second-order valence-electron chi connectivity index (χ2n) is 4.07. The average Bonchev–Trinajstić information content (AvgIpc) is 2.86. The molecule has 1 aromatic carbocycles. The Kier molecular flexibility index (Phi) is 4.06.